The Bertz CT molecular complexity index is 91.1. The molecule has 0 fully saturated rings. The quantitative estimate of drug-likeness (QED) is 0.541. The van der Waals surface area contributed by atoms with Crippen LogP contribution < -0.4 is 0 Å². The van der Waals surface area contributed by atoms with Gasteiger partial charge in [0, 0.05) is 0 Å². The van der Waals surface area contributed by atoms with E-state index in [-0.39, 0.29) is 6.10 Å². The molecular formula is C12H26O. The van der Waals surface area contributed by atoms with Crippen LogP contribution in [-0.4, -0.2) is 11.2 Å². The summed E-state index contributed by atoms with van der Waals surface area (Å²) >= 11 is 0. The van der Waals surface area contributed by atoms with Crippen molar-refractivity contribution in [2.45, 2.75) is 77.7 Å². The van der Waals surface area contributed by atoms with Crippen molar-refractivity contribution in [2.24, 2.45) is 0 Å². The Balaban J connectivity index is 2.91. The van der Waals surface area contributed by atoms with Crippen molar-refractivity contribution in [1.29, 1.82) is 0 Å². The van der Waals surface area contributed by atoms with Gasteiger partial charge in [0.25, 0.3) is 0 Å². The Hall–Kier alpha value is -0.0400. The average molecular weight is 186 g/mol. The van der Waals surface area contributed by atoms with E-state index in [1.807, 2.05) is 6.92 Å². The lowest BCUT2D eigenvalue weighted by atomic mass is 10.1. The first-order chi connectivity index (χ1) is 6.31. The summed E-state index contributed by atoms with van der Waals surface area (Å²) in [5.41, 5.74) is 0. The lowest BCUT2D eigenvalue weighted by Gasteiger charge is -2.06. The second-order valence-electron chi connectivity index (χ2n) is 3.97. The number of hydrogen-bond acceptors (Lipinski definition) is 1. The van der Waals surface area contributed by atoms with E-state index in [1.165, 1.54) is 44.9 Å². The van der Waals surface area contributed by atoms with Gasteiger partial charge < -0.3 is 5.11 Å². The summed E-state index contributed by atoms with van der Waals surface area (Å²) in [6.07, 6.45) is 11.2. The summed E-state index contributed by atoms with van der Waals surface area (Å²) < 4.78 is 0. The lowest BCUT2D eigenvalue weighted by Crippen LogP contribution is -2.03. The molecule has 13 heavy (non-hydrogen) atoms. The van der Waals surface area contributed by atoms with E-state index >= 15 is 0 Å². The maximum atomic E-state index is 9.30. The molecule has 1 N–H and O–H groups in total. The van der Waals surface area contributed by atoms with Gasteiger partial charge in [-0.05, 0) is 12.8 Å². The molecule has 0 aliphatic carbocycles. The van der Waals surface area contributed by atoms with Crippen LogP contribution >= 0.6 is 0 Å². The zero-order chi connectivity index (χ0) is 9.94. The molecule has 0 saturated carbocycles. The molecule has 0 aliphatic heterocycles. The molecule has 0 heterocycles. The van der Waals surface area contributed by atoms with Crippen molar-refractivity contribution in [3.05, 3.63) is 0 Å². The lowest BCUT2D eigenvalue weighted by molar-refractivity contribution is 0.156. The normalized spacial score (nSPS) is 13.2. The highest BCUT2D eigenvalue weighted by atomic mass is 16.3. The van der Waals surface area contributed by atoms with Crippen molar-refractivity contribution in [3.63, 3.8) is 0 Å². The van der Waals surface area contributed by atoms with Gasteiger partial charge in [0.2, 0.25) is 0 Å². The summed E-state index contributed by atoms with van der Waals surface area (Å²) in [6, 6.07) is 0. The molecule has 0 aromatic carbocycles. The highest BCUT2D eigenvalue weighted by Gasteiger charge is 1.99. The minimum atomic E-state index is -0.0457. The Morgan fingerprint density at radius 3 is 1.92 bits per heavy atom. The molecule has 0 radical (unpaired) electrons. The highest BCUT2D eigenvalue weighted by Crippen LogP contribution is 2.10. The molecule has 1 heteroatoms. The van der Waals surface area contributed by atoms with Crippen LogP contribution in [0.3, 0.4) is 0 Å². The van der Waals surface area contributed by atoms with E-state index in [2.05, 4.69) is 6.92 Å². The van der Waals surface area contributed by atoms with Crippen LogP contribution in [0, 0.1) is 0 Å². The van der Waals surface area contributed by atoms with Gasteiger partial charge in [-0.3, -0.25) is 0 Å². The summed E-state index contributed by atoms with van der Waals surface area (Å²) in [6.45, 7) is 4.30. The second-order valence-corrected chi connectivity index (χ2v) is 3.97. The van der Waals surface area contributed by atoms with Crippen molar-refractivity contribution in [2.75, 3.05) is 0 Å². The van der Waals surface area contributed by atoms with E-state index in [4.69, 9.17) is 0 Å². The van der Waals surface area contributed by atoms with Crippen LogP contribution in [0.4, 0.5) is 0 Å². The number of rotatable bonds is 9. The van der Waals surface area contributed by atoms with Crippen LogP contribution in [-0.2, 0) is 0 Å². The first kappa shape index (κ1) is 13.0. The highest BCUT2D eigenvalue weighted by molar-refractivity contribution is 4.53. The smallest absolute Gasteiger partial charge is 0.0537 e. The fraction of sp³-hybridized carbons (Fsp3) is 1.00. The Kier molecular flexibility index (Phi) is 10.0. The van der Waals surface area contributed by atoms with E-state index < -0.39 is 0 Å². The predicted octanol–water partition coefficient (Wildman–Crippen LogP) is 3.90. The van der Waals surface area contributed by atoms with Crippen LogP contribution in [0.1, 0.15) is 71.6 Å². The minimum absolute atomic E-state index is 0.0457. The molecule has 0 bridgehead atoms. The standard InChI is InChI=1S/C12H26O/c1-3-5-6-7-8-9-10-11-12(13)4-2/h12-13H,3-11H2,1-2H3. The third-order valence-corrected chi connectivity index (χ3v) is 2.61. The van der Waals surface area contributed by atoms with Crippen molar-refractivity contribution >= 4 is 0 Å². The SMILES string of the molecule is CCCCCCCCCC(O)CC. The first-order valence-corrected chi connectivity index (χ1v) is 5.99. The number of aliphatic hydroxyl groups is 1. The Morgan fingerprint density at radius 2 is 1.38 bits per heavy atom. The van der Waals surface area contributed by atoms with Crippen LogP contribution in [0.15, 0.2) is 0 Å². The molecule has 0 aliphatic rings. The Labute approximate surface area is 83.5 Å². The third kappa shape index (κ3) is 9.88. The Morgan fingerprint density at radius 1 is 0.846 bits per heavy atom. The second kappa shape index (κ2) is 10.0. The molecule has 0 aromatic heterocycles. The molecule has 0 aromatic rings. The molecule has 0 saturated heterocycles. The van der Waals surface area contributed by atoms with Gasteiger partial charge in [-0.25, -0.2) is 0 Å². The molecule has 0 amide bonds. The summed E-state index contributed by atoms with van der Waals surface area (Å²) in [4.78, 5) is 0. The topological polar surface area (TPSA) is 20.2 Å². The monoisotopic (exact) mass is 186 g/mol. The predicted molar refractivity (Wildman–Crippen MR) is 58.9 cm³/mol. The van der Waals surface area contributed by atoms with Crippen molar-refractivity contribution in [3.8, 4) is 0 Å². The van der Waals surface area contributed by atoms with E-state index in [0.717, 1.165) is 12.8 Å². The molecule has 80 valence electrons. The van der Waals surface area contributed by atoms with Crippen molar-refractivity contribution < 1.29 is 5.11 Å². The summed E-state index contributed by atoms with van der Waals surface area (Å²) in [5.74, 6) is 0. The van der Waals surface area contributed by atoms with Gasteiger partial charge in [0.15, 0.2) is 0 Å². The summed E-state index contributed by atoms with van der Waals surface area (Å²) in [7, 11) is 0. The maximum Gasteiger partial charge on any atom is 0.0537 e. The molecule has 1 nitrogen and oxygen atoms in total. The zero-order valence-electron chi connectivity index (χ0n) is 9.39. The van der Waals surface area contributed by atoms with Gasteiger partial charge in [-0.1, -0.05) is 58.8 Å². The molecule has 0 spiro atoms. The van der Waals surface area contributed by atoms with Crippen LogP contribution in [0.25, 0.3) is 0 Å². The molecule has 1 unspecified atom stereocenters. The van der Waals surface area contributed by atoms with Crippen molar-refractivity contribution in [1.82, 2.24) is 0 Å². The largest absolute Gasteiger partial charge is 0.393 e. The average Bonchev–Trinajstić information content (AvgIpc) is 2.16. The zero-order valence-corrected chi connectivity index (χ0v) is 9.39. The van der Waals surface area contributed by atoms with Gasteiger partial charge in [0.1, 0.15) is 0 Å². The van der Waals surface area contributed by atoms with Crippen LogP contribution in [0.2, 0.25) is 0 Å². The fourth-order valence-corrected chi connectivity index (χ4v) is 1.54. The first-order valence-electron chi connectivity index (χ1n) is 5.99. The number of hydrogen-bond donors (Lipinski definition) is 1. The van der Waals surface area contributed by atoms with Gasteiger partial charge in [-0.15, -0.1) is 0 Å². The van der Waals surface area contributed by atoms with E-state index in [0.29, 0.717) is 0 Å². The van der Waals surface area contributed by atoms with E-state index in [9.17, 15) is 5.11 Å². The maximum absolute atomic E-state index is 9.30. The number of unbranched alkanes of at least 4 members (excludes halogenated alkanes) is 6. The fourth-order valence-electron chi connectivity index (χ4n) is 1.54. The minimum Gasteiger partial charge on any atom is -0.393 e. The van der Waals surface area contributed by atoms with Gasteiger partial charge >= 0.3 is 0 Å². The summed E-state index contributed by atoms with van der Waals surface area (Å²) in [5, 5.41) is 9.30. The third-order valence-electron chi connectivity index (χ3n) is 2.61. The molecular weight excluding hydrogens is 160 g/mol. The number of aliphatic hydroxyl groups excluding tert-OH is 1. The van der Waals surface area contributed by atoms with E-state index in [1.54, 1.807) is 0 Å². The van der Waals surface area contributed by atoms with Gasteiger partial charge in [0.05, 0.1) is 6.10 Å². The molecule has 1 atom stereocenters. The van der Waals surface area contributed by atoms with Crippen LogP contribution in [0.5, 0.6) is 0 Å². The molecule has 0 rings (SSSR count). The van der Waals surface area contributed by atoms with Gasteiger partial charge in [-0.2, -0.15) is 0 Å².